The van der Waals surface area contributed by atoms with Gasteiger partial charge in [-0.2, -0.15) is 0 Å². The number of hydrogen-bond donors (Lipinski definition) is 1. The first kappa shape index (κ1) is 17.0. The summed E-state index contributed by atoms with van der Waals surface area (Å²) in [4.78, 5) is 42.3. The van der Waals surface area contributed by atoms with Crippen molar-refractivity contribution in [2.75, 3.05) is 11.9 Å². The van der Waals surface area contributed by atoms with E-state index in [1.807, 2.05) is 24.3 Å². The van der Waals surface area contributed by atoms with Crippen LogP contribution in [-0.4, -0.2) is 34.2 Å². The Labute approximate surface area is 161 Å². The summed E-state index contributed by atoms with van der Waals surface area (Å²) in [5, 5.41) is 3.37. The van der Waals surface area contributed by atoms with Gasteiger partial charge in [0.25, 0.3) is 11.8 Å². The number of anilines is 1. The van der Waals surface area contributed by atoms with Gasteiger partial charge < -0.3 is 5.32 Å². The van der Waals surface area contributed by atoms with Gasteiger partial charge in [0.05, 0.1) is 31.4 Å². The molecule has 0 saturated heterocycles. The van der Waals surface area contributed by atoms with Gasteiger partial charge in [-0.15, -0.1) is 0 Å². The van der Waals surface area contributed by atoms with Crippen molar-refractivity contribution in [1.82, 2.24) is 9.88 Å². The molecule has 0 atom stereocenters. The third-order valence-corrected chi connectivity index (χ3v) is 5.53. The number of carbonyl (C=O) groups is 3. The number of amides is 3. The second-order valence-corrected chi connectivity index (χ2v) is 7.39. The van der Waals surface area contributed by atoms with E-state index in [1.165, 1.54) is 23.5 Å². The van der Waals surface area contributed by atoms with Gasteiger partial charge in [0.1, 0.15) is 6.54 Å². The van der Waals surface area contributed by atoms with Crippen molar-refractivity contribution in [1.29, 1.82) is 0 Å². The normalized spacial score (nSPS) is 13.4. The fourth-order valence-electron chi connectivity index (χ4n) is 2.66. The maximum Gasteiger partial charge on any atom is 0.262 e. The highest BCUT2D eigenvalue weighted by atomic mass is 35.5. The number of para-hydroxylation sites is 1. The van der Waals surface area contributed by atoms with Gasteiger partial charge in [-0.25, -0.2) is 4.98 Å². The topological polar surface area (TPSA) is 79.4 Å². The summed E-state index contributed by atoms with van der Waals surface area (Å²) in [7, 11) is 0. The van der Waals surface area contributed by atoms with Gasteiger partial charge in [-0.3, -0.25) is 19.3 Å². The molecule has 1 aromatic heterocycles. The number of carbonyl (C=O) groups excluding carboxylic acids is 3. The largest absolute Gasteiger partial charge is 0.300 e. The number of imide groups is 1. The minimum atomic E-state index is -0.581. The van der Waals surface area contributed by atoms with Gasteiger partial charge >= 0.3 is 0 Å². The van der Waals surface area contributed by atoms with Crippen molar-refractivity contribution in [3.63, 3.8) is 0 Å². The molecule has 3 aromatic rings. The van der Waals surface area contributed by atoms with Crippen LogP contribution in [0.1, 0.15) is 20.7 Å². The van der Waals surface area contributed by atoms with Crippen LogP contribution in [0, 0.1) is 0 Å². The molecule has 3 amide bonds. The van der Waals surface area contributed by atoms with Crippen LogP contribution >= 0.6 is 34.5 Å². The van der Waals surface area contributed by atoms with Gasteiger partial charge in [0, 0.05) is 0 Å². The lowest BCUT2D eigenvalue weighted by atomic mass is 10.1. The Kier molecular flexibility index (Phi) is 4.14. The number of hydrogen-bond acceptors (Lipinski definition) is 5. The van der Waals surface area contributed by atoms with E-state index in [4.69, 9.17) is 23.2 Å². The smallest absolute Gasteiger partial charge is 0.262 e. The summed E-state index contributed by atoms with van der Waals surface area (Å²) in [5.74, 6) is -1.68. The van der Waals surface area contributed by atoms with Crippen molar-refractivity contribution < 1.29 is 14.4 Å². The molecule has 2 aromatic carbocycles. The fraction of sp³-hybridized carbons (Fsp3) is 0.0588. The van der Waals surface area contributed by atoms with Crippen LogP contribution in [0.25, 0.3) is 10.2 Å². The monoisotopic (exact) mass is 405 g/mol. The predicted octanol–water partition coefficient (Wildman–Crippen LogP) is 3.84. The van der Waals surface area contributed by atoms with Crippen LogP contribution in [0.2, 0.25) is 10.0 Å². The third-order valence-electron chi connectivity index (χ3n) is 3.85. The molecule has 1 aliphatic heterocycles. The second-order valence-electron chi connectivity index (χ2n) is 5.54. The van der Waals surface area contributed by atoms with E-state index in [2.05, 4.69) is 10.3 Å². The Balaban J connectivity index is 1.53. The van der Waals surface area contributed by atoms with Crippen LogP contribution < -0.4 is 5.32 Å². The fourth-order valence-corrected chi connectivity index (χ4v) is 3.86. The summed E-state index contributed by atoms with van der Waals surface area (Å²) in [5.41, 5.74) is 1.03. The zero-order chi connectivity index (χ0) is 18.4. The molecule has 130 valence electrons. The Morgan fingerprint density at radius 3 is 2.31 bits per heavy atom. The highest BCUT2D eigenvalue weighted by Gasteiger charge is 2.37. The lowest BCUT2D eigenvalue weighted by Gasteiger charge is -2.12. The number of aromatic nitrogens is 1. The third kappa shape index (κ3) is 2.84. The Bertz CT molecular complexity index is 1020. The quantitative estimate of drug-likeness (QED) is 0.671. The molecule has 0 unspecified atom stereocenters. The van der Waals surface area contributed by atoms with Gasteiger partial charge in [0.15, 0.2) is 5.13 Å². The first-order chi connectivity index (χ1) is 12.4. The standard InChI is InChI=1S/C17H9Cl2N3O3S/c18-10-5-8-9(6-11(10)19)16(25)22(15(8)24)7-14(23)21-17-20-12-3-1-2-4-13(12)26-17/h1-6H,7H2,(H,20,21,23). The molecule has 0 bridgehead atoms. The first-order valence-corrected chi connectivity index (χ1v) is 9.02. The molecule has 9 heteroatoms. The minimum Gasteiger partial charge on any atom is -0.300 e. The molecule has 1 N–H and O–H groups in total. The number of thiazole rings is 1. The molecule has 6 nitrogen and oxygen atoms in total. The second kappa shape index (κ2) is 6.35. The van der Waals surface area contributed by atoms with E-state index >= 15 is 0 Å². The van der Waals surface area contributed by atoms with E-state index in [9.17, 15) is 14.4 Å². The number of nitrogens with zero attached hydrogens (tertiary/aromatic N) is 2. The number of rotatable bonds is 3. The summed E-state index contributed by atoms with van der Waals surface area (Å²) in [6, 6.07) is 10.1. The molecule has 4 rings (SSSR count). The van der Waals surface area contributed by atoms with Crippen molar-refractivity contribution in [3.8, 4) is 0 Å². The van der Waals surface area contributed by atoms with E-state index in [1.54, 1.807) is 0 Å². The van der Waals surface area contributed by atoms with Crippen LogP contribution in [0.4, 0.5) is 5.13 Å². The van der Waals surface area contributed by atoms with E-state index in [-0.39, 0.29) is 21.2 Å². The molecule has 0 radical (unpaired) electrons. The van der Waals surface area contributed by atoms with E-state index in [0.29, 0.717) is 5.13 Å². The van der Waals surface area contributed by atoms with Crippen LogP contribution in [-0.2, 0) is 4.79 Å². The molecule has 0 saturated carbocycles. The molecule has 0 aliphatic carbocycles. The minimum absolute atomic E-state index is 0.136. The number of benzene rings is 2. The average molecular weight is 406 g/mol. The highest BCUT2D eigenvalue weighted by Crippen LogP contribution is 2.31. The highest BCUT2D eigenvalue weighted by molar-refractivity contribution is 7.22. The molecular formula is C17H9Cl2N3O3S. The maximum absolute atomic E-state index is 12.4. The number of fused-ring (bicyclic) bond motifs is 2. The maximum atomic E-state index is 12.4. The van der Waals surface area contributed by atoms with Crippen LogP contribution in [0.15, 0.2) is 36.4 Å². The van der Waals surface area contributed by atoms with E-state index in [0.717, 1.165) is 15.1 Å². The lowest BCUT2D eigenvalue weighted by Crippen LogP contribution is -2.37. The SMILES string of the molecule is O=C(CN1C(=O)c2cc(Cl)c(Cl)cc2C1=O)Nc1nc2ccccc2s1. The van der Waals surface area contributed by atoms with Crippen LogP contribution in [0.3, 0.4) is 0 Å². The number of halogens is 2. The molecular weight excluding hydrogens is 397 g/mol. The van der Waals surface area contributed by atoms with Gasteiger partial charge in [0.2, 0.25) is 5.91 Å². The molecule has 26 heavy (non-hydrogen) atoms. The number of nitrogens with one attached hydrogen (secondary N) is 1. The average Bonchev–Trinajstić information content (AvgIpc) is 3.10. The summed E-state index contributed by atoms with van der Waals surface area (Å²) in [6.45, 7) is -0.419. The predicted molar refractivity (Wildman–Crippen MR) is 100 cm³/mol. The lowest BCUT2D eigenvalue weighted by molar-refractivity contribution is -0.116. The van der Waals surface area contributed by atoms with Crippen LogP contribution in [0.5, 0.6) is 0 Å². The zero-order valence-electron chi connectivity index (χ0n) is 13.0. The summed E-state index contributed by atoms with van der Waals surface area (Å²) >= 11 is 13.1. The van der Waals surface area contributed by atoms with Crippen molar-refractivity contribution in [2.24, 2.45) is 0 Å². The van der Waals surface area contributed by atoms with E-state index < -0.39 is 24.3 Å². The Morgan fingerprint density at radius 2 is 1.69 bits per heavy atom. The van der Waals surface area contributed by atoms with Gasteiger partial charge in [-0.05, 0) is 24.3 Å². The Morgan fingerprint density at radius 1 is 1.08 bits per heavy atom. The zero-order valence-corrected chi connectivity index (χ0v) is 15.3. The molecule has 0 spiro atoms. The molecule has 1 aliphatic rings. The molecule has 0 fully saturated rings. The Hall–Kier alpha value is -2.48. The van der Waals surface area contributed by atoms with Crippen molar-refractivity contribution in [3.05, 3.63) is 57.6 Å². The molecule has 2 heterocycles. The van der Waals surface area contributed by atoms with Crippen molar-refractivity contribution in [2.45, 2.75) is 0 Å². The van der Waals surface area contributed by atoms with Gasteiger partial charge in [-0.1, -0.05) is 46.7 Å². The first-order valence-electron chi connectivity index (χ1n) is 7.44. The summed E-state index contributed by atoms with van der Waals surface area (Å²) < 4.78 is 0.924. The van der Waals surface area contributed by atoms with Crippen molar-refractivity contribution >= 4 is 67.6 Å². The summed E-state index contributed by atoms with van der Waals surface area (Å²) in [6.07, 6.45) is 0.